The fraction of sp³-hybridized carbons (Fsp3) is 0.583. The second kappa shape index (κ2) is 6.32. The van der Waals surface area contributed by atoms with Gasteiger partial charge in [0.1, 0.15) is 10.8 Å². The summed E-state index contributed by atoms with van der Waals surface area (Å²) in [5.74, 6) is -0.447. The number of H-pyrrole nitrogens is 1. The molecule has 1 aliphatic heterocycles. The Labute approximate surface area is 126 Å². The molecule has 1 saturated heterocycles. The molecule has 20 heavy (non-hydrogen) atoms. The molecule has 1 aromatic heterocycles. The van der Waals surface area contributed by atoms with E-state index in [2.05, 4.69) is 10.3 Å². The second-order valence-corrected chi connectivity index (χ2v) is 5.46. The Balaban J connectivity index is 2.06. The summed E-state index contributed by atoms with van der Waals surface area (Å²) in [6, 6.07) is 0.892. The molecule has 0 unspecified atom stereocenters. The standard InChI is InChI=1S/C12H16Cl2N2O4/c1-5-10(7(17)4-9(19-2)20-5)16-12(18)11-6(13)3-8(14)15-11/h3,5,7,9-10,15,17H,4H2,1-2H3,(H,16,18)/t5-,7+,9+,10-/m1/s1. The first kappa shape index (κ1) is 15.6. The lowest BCUT2D eigenvalue weighted by Crippen LogP contribution is -2.56. The molecule has 1 aliphatic rings. The second-order valence-electron chi connectivity index (χ2n) is 4.65. The molecule has 0 aliphatic carbocycles. The van der Waals surface area contributed by atoms with Gasteiger partial charge in [0.2, 0.25) is 0 Å². The Bertz CT molecular complexity index is 482. The Morgan fingerprint density at radius 2 is 2.30 bits per heavy atom. The van der Waals surface area contributed by atoms with Gasteiger partial charge in [-0.2, -0.15) is 0 Å². The highest BCUT2D eigenvalue weighted by Crippen LogP contribution is 2.23. The minimum Gasteiger partial charge on any atom is -0.391 e. The smallest absolute Gasteiger partial charge is 0.269 e. The third-order valence-electron chi connectivity index (χ3n) is 3.25. The molecule has 0 bridgehead atoms. The summed E-state index contributed by atoms with van der Waals surface area (Å²) >= 11 is 11.6. The first-order valence-corrected chi connectivity index (χ1v) is 6.89. The number of halogens is 2. The van der Waals surface area contributed by atoms with E-state index in [1.165, 1.54) is 13.2 Å². The highest BCUT2D eigenvalue weighted by atomic mass is 35.5. The summed E-state index contributed by atoms with van der Waals surface area (Å²) in [7, 11) is 1.50. The summed E-state index contributed by atoms with van der Waals surface area (Å²) in [6.45, 7) is 1.75. The molecule has 2 rings (SSSR count). The van der Waals surface area contributed by atoms with Gasteiger partial charge >= 0.3 is 0 Å². The van der Waals surface area contributed by atoms with E-state index in [-0.39, 0.29) is 22.3 Å². The summed E-state index contributed by atoms with van der Waals surface area (Å²) in [5.41, 5.74) is 0.157. The van der Waals surface area contributed by atoms with Gasteiger partial charge in [-0.05, 0) is 13.0 Å². The third kappa shape index (κ3) is 3.27. The van der Waals surface area contributed by atoms with Crippen LogP contribution in [0.15, 0.2) is 6.07 Å². The normalized spacial score (nSPS) is 30.2. The SMILES string of the molecule is CO[C@@H]1C[C@H](O)[C@H](NC(=O)c2[nH]c(Cl)cc2Cl)[C@@H](C)O1. The van der Waals surface area contributed by atoms with Crippen molar-refractivity contribution in [2.45, 2.75) is 37.9 Å². The lowest BCUT2D eigenvalue weighted by Gasteiger charge is -2.37. The minimum absolute atomic E-state index is 0.157. The molecule has 1 aromatic rings. The average molecular weight is 323 g/mol. The van der Waals surface area contributed by atoms with Gasteiger partial charge in [0.05, 0.1) is 23.3 Å². The van der Waals surface area contributed by atoms with E-state index in [0.717, 1.165) is 0 Å². The molecule has 4 atom stereocenters. The largest absolute Gasteiger partial charge is 0.391 e. The number of aliphatic hydroxyl groups excluding tert-OH is 1. The predicted molar refractivity (Wildman–Crippen MR) is 74.0 cm³/mol. The van der Waals surface area contributed by atoms with Crippen LogP contribution < -0.4 is 5.32 Å². The lowest BCUT2D eigenvalue weighted by molar-refractivity contribution is -0.208. The van der Waals surface area contributed by atoms with Crippen LogP contribution in [-0.2, 0) is 9.47 Å². The fourth-order valence-corrected chi connectivity index (χ4v) is 2.69. The molecule has 3 N–H and O–H groups in total. The van der Waals surface area contributed by atoms with E-state index in [1.807, 2.05) is 0 Å². The zero-order valence-electron chi connectivity index (χ0n) is 11.0. The lowest BCUT2D eigenvalue weighted by atomic mass is 9.99. The number of hydrogen-bond donors (Lipinski definition) is 3. The monoisotopic (exact) mass is 322 g/mol. The van der Waals surface area contributed by atoms with E-state index in [1.54, 1.807) is 6.92 Å². The van der Waals surface area contributed by atoms with Crippen molar-refractivity contribution in [2.75, 3.05) is 7.11 Å². The van der Waals surface area contributed by atoms with Crippen molar-refractivity contribution in [1.29, 1.82) is 0 Å². The maximum absolute atomic E-state index is 12.1. The van der Waals surface area contributed by atoms with Crippen LogP contribution in [0.1, 0.15) is 23.8 Å². The summed E-state index contributed by atoms with van der Waals surface area (Å²) in [5, 5.41) is 13.3. The van der Waals surface area contributed by atoms with Crippen molar-refractivity contribution in [3.8, 4) is 0 Å². The minimum atomic E-state index is -0.767. The van der Waals surface area contributed by atoms with Crippen LogP contribution in [0.4, 0.5) is 0 Å². The molecule has 1 fully saturated rings. The van der Waals surface area contributed by atoms with E-state index in [0.29, 0.717) is 0 Å². The highest BCUT2D eigenvalue weighted by molar-refractivity contribution is 6.36. The molecule has 6 nitrogen and oxygen atoms in total. The maximum Gasteiger partial charge on any atom is 0.269 e. The molecule has 0 spiro atoms. The van der Waals surface area contributed by atoms with Crippen LogP contribution in [-0.4, -0.2) is 47.6 Å². The van der Waals surface area contributed by atoms with Crippen molar-refractivity contribution in [3.63, 3.8) is 0 Å². The molecule has 112 valence electrons. The molecular formula is C12H16Cl2N2O4. The third-order valence-corrected chi connectivity index (χ3v) is 3.75. The van der Waals surface area contributed by atoms with Crippen molar-refractivity contribution in [3.05, 3.63) is 21.9 Å². The summed E-state index contributed by atoms with van der Waals surface area (Å²) < 4.78 is 10.6. The van der Waals surface area contributed by atoms with Crippen LogP contribution >= 0.6 is 23.2 Å². The molecule has 2 heterocycles. The number of ether oxygens (including phenoxy) is 2. The number of aromatic nitrogens is 1. The first-order valence-electron chi connectivity index (χ1n) is 6.13. The van der Waals surface area contributed by atoms with Gasteiger partial charge in [-0.3, -0.25) is 4.79 Å². The van der Waals surface area contributed by atoms with Crippen molar-refractivity contribution in [1.82, 2.24) is 10.3 Å². The van der Waals surface area contributed by atoms with Gasteiger partial charge in [-0.15, -0.1) is 0 Å². The van der Waals surface area contributed by atoms with Gasteiger partial charge in [0.15, 0.2) is 6.29 Å². The summed E-state index contributed by atoms with van der Waals surface area (Å²) in [4.78, 5) is 14.8. The molecular weight excluding hydrogens is 307 g/mol. The van der Waals surface area contributed by atoms with Crippen molar-refractivity contribution in [2.24, 2.45) is 0 Å². The average Bonchev–Trinajstić information content (AvgIpc) is 2.72. The van der Waals surface area contributed by atoms with Gasteiger partial charge in [-0.25, -0.2) is 0 Å². The summed E-state index contributed by atoms with van der Waals surface area (Å²) in [6.07, 6.45) is -1.35. The topological polar surface area (TPSA) is 83.6 Å². The van der Waals surface area contributed by atoms with Crippen molar-refractivity contribution < 1.29 is 19.4 Å². The molecule has 0 saturated carbocycles. The van der Waals surface area contributed by atoms with Crippen LogP contribution in [0.25, 0.3) is 0 Å². The number of hydrogen-bond acceptors (Lipinski definition) is 4. The van der Waals surface area contributed by atoms with Crippen LogP contribution in [0.2, 0.25) is 10.2 Å². The molecule has 1 amide bonds. The number of rotatable bonds is 3. The van der Waals surface area contributed by atoms with E-state index in [9.17, 15) is 9.90 Å². The first-order chi connectivity index (χ1) is 9.42. The van der Waals surface area contributed by atoms with Crippen molar-refractivity contribution >= 4 is 29.1 Å². The zero-order valence-corrected chi connectivity index (χ0v) is 12.5. The van der Waals surface area contributed by atoms with E-state index >= 15 is 0 Å². The number of carbonyl (C=O) groups excluding carboxylic acids is 1. The molecule has 8 heteroatoms. The Kier molecular flexibility index (Phi) is 4.93. The Morgan fingerprint density at radius 3 is 2.80 bits per heavy atom. The maximum atomic E-state index is 12.1. The fourth-order valence-electron chi connectivity index (χ4n) is 2.19. The number of nitrogens with one attached hydrogen (secondary N) is 2. The van der Waals surface area contributed by atoms with Gasteiger partial charge in [0, 0.05) is 13.5 Å². The zero-order chi connectivity index (χ0) is 14.9. The molecule has 0 aromatic carbocycles. The van der Waals surface area contributed by atoms with Crippen LogP contribution in [0, 0.1) is 0 Å². The van der Waals surface area contributed by atoms with Gasteiger partial charge < -0.3 is 24.9 Å². The Morgan fingerprint density at radius 1 is 1.60 bits per heavy atom. The Hall–Kier alpha value is -0.790. The van der Waals surface area contributed by atoms with Gasteiger partial charge in [0.25, 0.3) is 5.91 Å². The highest BCUT2D eigenvalue weighted by Gasteiger charge is 2.37. The number of aliphatic hydroxyl groups is 1. The quantitative estimate of drug-likeness (QED) is 0.788. The number of carbonyl (C=O) groups is 1. The van der Waals surface area contributed by atoms with Gasteiger partial charge in [-0.1, -0.05) is 23.2 Å². The van der Waals surface area contributed by atoms with E-state index < -0.39 is 30.4 Å². The molecule has 0 radical (unpaired) electrons. The van der Waals surface area contributed by atoms with Crippen LogP contribution in [0.3, 0.4) is 0 Å². The number of aromatic amines is 1. The number of amides is 1. The predicted octanol–water partition coefficient (Wildman–Crippen LogP) is 1.56. The van der Waals surface area contributed by atoms with E-state index in [4.69, 9.17) is 32.7 Å². The number of methoxy groups -OCH3 is 1. The van der Waals surface area contributed by atoms with Crippen LogP contribution in [0.5, 0.6) is 0 Å².